The zero-order chi connectivity index (χ0) is 32.3. The topological polar surface area (TPSA) is 3.24 Å². The normalized spacial score (nSPS) is 11.7. The number of hydrogen-bond donors (Lipinski definition) is 0. The number of para-hydroxylation sites is 1. The molecule has 0 aliphatic heterocycles. The third-order valence-corrected chi connectivity index (χ3v) is 12.1. The molecule has 0 saturated heterocycles. The van der Waals surface area contributed by atoms with Crippen molar-refractivity contribution in [2.75, 3.05) is 4.90 Å². The third kappa shape index (κ3) is 4.58. The Morgan fingerprint density at radius 2 is 0.776 bits per heavy atom. The summed E-state index contributed by atoms with van der Waals surface area (Å²) in [6.07, 6.45) is 0. The van der Waals surface area contributed by atoms with E-state index in [1.165, 1.54) is 84.7 Å². The average Bonchev–Trinajstić information content (AvgIpc) is 3.75. The van der Waals surface area contributed by atoms with E-state index < -0.39 is 0 Å². The summed E-state index contributed by atoms with van der Waals surface area (Å²) in [6.45, 7) is 0. The third-order valence-electron chi connectivity index (χ3n) is 9.67. The maximum Gasteiger partial charge on any atom is 0.0641 e. The van der Waals surface area contributed by atoms with Crippen molar-refractivity contribution < 1.29 is 0 Å². The number of hydrogen-bond acceptors (Lipinski definition) is 3. The molecule has 1 nitrogen and oxygen atoms in total. The second-order valence-electron chi connectivity index (χ2n) is 12.5. The zero-order valence-corrected chi connectivity index (χ0v) is 28.1. The van der Waals surface area contributed by atoms with Gasteiger partial charge in [-0.25, -0.2) is 0 Å². The summed E-state index contributed by atoms with van der Waals surface area (Å²) < 4.78 is 5.20. The Labute approximate surface area is 292 Å². The smallest absolute Gasteiger partial charge is 0.0641 e. The molecule has 0 saturated carbocycles. The van der Waals surface area contributed by atoms with Gasteiger partial charge in [-0.15, -0.1) is 22.7 Å². The Bertz CT molecular complexity index is 2740. The minimum Gasteiger partial charge on any atom is -0.307 e. The van der Waals surface area contributed by atoms with Gasteiger partial charge in [0, 0.05) is 36.5 Å². The van der Waals surface area contributed by atoms with Crippen LogP contribution >= 0.6 is 22.7 Å². The fourth-order valence-electron chi connectivity index (χ4n) is 7.45. The molecule has 0 aliphatic rings. The first-order valence-corrected chi connectivity index (χ1v) is 18.2. The van der Waals surface area contributed by atoms with Crippen LogP contribution in [0, 0.1) is 0 Å². The standard InChI is InChI=1S/C46H29NS2/c1-2-17-33-30(13-1)14-10-21-34(33)31-15-9-16-32(29-31)35-18-3-6-24-40(35)47(41-25-11-22-38-36-19-4-7-27-43(36)48-45(38)41)42-26-12-23-39-37-20-5-8-28-44(37)49-46(39)42/h1-29H. The van der Waals surface area contributed by atoms with Gasteiger partial charge >= 0.3 is 0 Å². The highest BCUT2D eigenvalue weighted by molar-refractivity contribution is 7.27. The van der Waals surface area contributed by atoms with Crippen molar-refractivity contribution in [1.29, 1.82) is 0 Å². The van der Waals surface area contributed by atoms with Crippen LogP contribution in [0.1, 0.15) is 0 Å². The van der Waals surface area contributed by atoms with Crippen molar-refractivity contribution >= 4 is 90.9 Å². The molecule has 2 heterocycles. The van der Waals surface area contributed by atoms with Gasteiger partial charge in [-0.05, 0) is 63.9 Å². The SMILES string of the molecule is c1cc(-c2ccccc2N(c2cccc3c2sc2ccccc23)c2cccc3c2sc2ccccc23)cc(-c2cccc3ccccc23)c1. The number of thiophene rings is 2. The first-order chi connectivity index (χ1) is 24.3. The maximum absolute atomic E-state index is 2.52. The van der Waals surface area contributed by atoms with Crippen LogP contribution in [0.3, 0.4) is 0 Å². The van der Waals surface area contributed by atoms with Gasteiger partial charge in [0.25, 0.3) is 0 Å². The molecule has 0 bridgehead atoms. The van der Waals surface area contributed by atoms with Crippen molar-refractivity contribution in [2.24, 2.45) is 0 Å². The lowest BCUT2D eigenvalue weighted by Crippen LogP contribution is -2.11. The lowest BCUT2D eigenvalue weighted by molar-refractivity contribution is 1.32. The largest absolute Gasteiger partial charge is 0.307 e. The molecular formula is C46H29NS2. The predicted octanol–water partition coefficient (Wildman–Crippen LogP) is 14.4. The summed E-state index contributed by atoms with van der Waals surface area (Å²) in [4.78, 5) is 2.52. The van der Waals surface area contributed by atoms with Gasteiger partial charge in [0.05, 0.1) is 26.5 Å². The van der Waals surface area contributed by atoms with Gasteiger partial charge in [0.15, 0.2) is 0 Å². The van der Waals surface area contributed by atoms with Gasteiger partial charge in [0.2, 0.25) is 0 Å². The number of rotatable bonds is 5. The molecule has 8 aromatic carbocycles. The second-order valence-corrected chi connectivity index (χ2v) is 14.6. The highest BCUT2D eigenvalue weighted by atomic mass is 32.1. The Morgan fingerprint density at radius 3 is 1.47 bits per heavy atom. The van der Waals surface area contributed by atoms with Crippen LogP contribution in [-0.4, -0.2) is 0 Å². The van der Waals surface area contributed by atoms with E-state index in [1.807, 2.05) is 22.7 Å². The van der Waals surface area contributed by atoms with Crippen molar-refractivity contribution in [2.45, 2.75) is 0 Å². The summed E-state index contributed by atoms with van der Waals surface area (Å²) in [6, 6.07) is 64.4. The monoisotopic (exact) mass is 659 g/mol. The van der Waals surface area contributed by atoms with E-state index >= 15 is 0 Å². The molecule has 2 aromatic heterocycles. The Balaban J connectivity index is 1.25. The lowest BCUT2D eigenvalue weighted by atomic mass is 9.94. The van der Waals surface area contributed by atoms with Crippen LogP contribution in [0.25, 0.3) is 73.4 Å². The molecule has 0 N–H and O–H groups in total. The molecule has 0 aliphatic carbocycles. The summed E-state index contributed by atoms with van der Waals surface area (Å²) in [5.41, 5.74) is 8.40. The summed E-state index contributed by atoms with van der Waals surface area (Å²) in [7, 11) is 0. The van der Waals surface area contributed by atoms with Crippen molar-refractivity contribution in [1.82, 2.24) is 0 Å². The Kier molecular flexibility index (Phi) is 6.61. The summed E-state index contributed by atoms with van der Waals surface area (Å²) >= 11 is 3.76. The molecule has 10 rings (SSSR count). The van der Waals surface area contributed by atoms with E-state index in [0.717, 1.165) is 5.69 Å². The first kappa shape index (κ1) is 28.3. The highest BCUT2D eigenvalue weighted by Gasteiger charge is 2.23. The molecule has 0 fully saturated rings. The molecule has 230 valence electrons. The van der Waals surface area contributed by atoms with Crippen LogP contribution in [0.15, 0.2) is 176 Å². The van der Waals surface area contributed by atoms with Gasteiger partial charge in [-0.3, -0.25) is 0 Å². The van der Waals surface area contributed by atoms with Crippen molar-refractivity contribution in [3.63, 3.8) is 0 Å². The van der Waals surface area contributed by atoms with E-state index in [2.05, 4.69) is 181 Å². The fraction of sp³-hybridized carbons (Fsp3) is 0. The summed E-state index contributed by atoms with van der Waals surface area (Å²) in [5, 5.41) is 7.72. The number of benzene rings is 8. The molecular weight excluding hydrogens is 631 g/mol. The molecule has 0 spiro atoms. The van der Waals surface area contributed by atoms with Crippen LogP contribution in [0.4, 0.5) is 17.1 Å². The van der Waals surface area contributed by atoms with Crippen LogP contribution in [0.5, 0.6) is 0 Å². The number of fused-ring (bicyclic) bond motifs is 7. The lowest BCUT2D eigenvalue weighted by Gasteiger charge is -2.29. The molecule has 0 unspecified atom stereocenters. The Morgan fingerprint density at radius 1 is 0.327 bits per heavy atom. The Hall–Kier alpha value is -5.74. The van der Waals surface area contributed by atoms with Crippen LogP contribution in [0.2, 0.25) is 0 Å². The maximum atomic E-state index is 2.52. The molecule has 49 heavy (non-hydrogen) atoms. The average molecular weight is 660 g/mol. The van der Waals surface area contributed by atoms with Crippen LogP contribution < -0.4 is 4.90 Å². The van der Waals surface area contributed by atoms with E-state index in [-0.39, 0.29) is 0 Å². The minimum atomic E-state index is 1.16. The van der Waals surface area contributed by atoms with Gasteiger partial charge in [-0.2, -0.15) is 0 Å². The minimum absolute atomic E-state index is 1.16. The molecule has 10 aromatic rings. The molecule has 0 atom stereocenters. The number of anilines is 3. The van der Waals surface area contributed by atoms with Gasteiger partial charge in [0.1, 0.15) is 0 Å². The summed E-state index contributed by atoms with van der Waals surface area (Å²) in [5.74, 6) is 0. The van der Waals surface area contributed by atoms with E-state index in [9.17, 15) is 0 Å². The fourth-order valence-corrected chi connectivity index (χ4v) is 9.86. The highest BCUT2D eigenvalue weighted by Crippen LogP contribution is 2.50. The van der Waals surface area contributed by atoms with Gasteiger partial charge in [-0.1, -0.05) is 140 Å². The quantitative estimate of drug-likeness (QED) is 0.178. The predicted molar refractivity (Wildman–Crippen MR) is 215 cm³/mol. The molecule has 3 heteroatoms. The number of nitrogens with zero attached hydrogens (tertiary/aromatic N) is 1. The van der Waals surface area contributed by atoms with Crippen molar-refractivity contribution in [3.05, 3.63) is 176 Å². The second kappa shape index (κ2) is 11.5. The van der Waals surface area contributed by atoms with Crippen LogP contribution in [-0.2, 0) is 0 Å². The molecule has 0 radical (unpaired) electrons. The van der Waals surface area contributed by atoms with E-state index in [1.54, 1.807) is 0 Å². The first-order valence-electron chi connectivity index (χ1n) is 16.6. The van der Waals surface area contributed by atoms with E-state index in [0.29, 0.717) is 0 Å². The van der Waals surface area contributed by atoms with Gasteiger partial charge < -0.3 is 4.90 Å². The van der Waals surface area contributed by atoms with E-state index in [4.69, 9.17) is 0 Å². The van der Waals surface area contributed by atoms with Crippen molar-refractivity contribution in [3.8, 4) is 22.3 Å². The zero-order valence-electron chi connectivity index (χ0n) is 26.5. The molecule has 0 amide bonds.